The molecule has 3 aliphatic heterocycles. The van der Waals surface area contributed by atoms with Crippen LogP contribution in [-0.4, -0.2) is 31.6 Å². The Morgan fingerprint density at radius 1 is 0.912 bits per heavy atom. The number of benzene rings is 3. The van der Waals surface area contributed by atoms with Gasteiger partial charge in [0.05, 0.1) is 11.6 Å². The highest BCUT2D eigenvalue weighted by molar-refractivity contribution is 6.06. The fourth-order valence-corrected chi connectivity index (χ4v) is 6.23. The summed E-state index contributed by atoms with van der Waals surface area (Å²) in [5.41, 5.74) is 3.91. The van der Waals surface area contributed by atoms with Gasteiger partial charge in [-0.05, 0) is 50.7 Å². The lowest BCUT2D eigenvalue weighted by molar-refractivity contribution is 0.0757. The molecule has 1 unspecified atom stereocenters. The van der Waals surface area contributed by atoms with Crippen LogP contribution in [0, 0.1) is 5.92 Å². The molecule has 6 rings (SSSR count). The SMILES string of the molecule is CC(C)CN1c2ccccc2C(C)(C)C12C=Nc1c(cc(N3CCCCC3)c3ccccc13)O2. The largest absolute Gasteiger partial charge is 0.459 e. The summed E-state index contributed by atoms with van der Waals surface area (Å²) >= 11 is 0. The van der Waals surface area contributed by atoms with E-state index in [1.54, 1.807) is 0 Å². The van der Waals surface area contributed by atoms with Gasteiger partial charge >= 0.3 is 0 Å². The fraction of sp³-hybridized carbons (Fsp3) is 0.433. The first-order valence-corrected chi connectivity index (χ1v) is 12.8. The molecule has 34 heavy (non-hydrogen) atoms. The molecule has 176 valence electrons. The fourth-order valence-electron chi connectivity index (χ4n) is 6.23. The molecular formula is C30H35N3O. The van der Waals surface area contributed by atoms with E-state index >= 15 is 0 Å². The Labute approximate surface area is 203 Å². The molecule has 0 aromatic heterocycles. The number of para-hydroxylation sites is 1. The minimum Gasteiger partial charge on any atom is -0.459 e. The average molecular weight is 454 g/mol. The van der Waals surface area contributed by atoms with Crippen molar-refractivity contribution in [3.63, 3.8) is 0 Å². The zero-order chi connectivity index (χ0) is 23.5. The normalized spacial score (nSPS) is 22.9. The average Bonchev–Trinajstić information content (AvgIpc) is 3.02. The standard InChI is InChI=1S/C30H35N3O/c1-21(2)19-33-25-15-9-8-14-24(25)29(3,4)30(33)20-31-28-23-13-7-6-12-22(23)26(18-27(28)34-30)32-16-10-5-11-17-32/h6-9,12-15,18,20-21H,5,10-11,16-17,19H2,1-4H3. The third-order valence-corrected chi connectivity index (χ3v) is 8.00. The molecule has 1 atom stereocenters. The molecular weight excluding hydrogens is 418 g/mol. The first-order chi connectivity index (χ1) is 16.4. The third-order valence-electron chi connectivity index (χ3n) is 8.00. The zero-order valence-corrected chi connectivity index (χ0v) is 20.8. The van der Waals surface area contributed by atoms with Crippen LogP contribution in [0.1, 0.15) is 52.5 Å². The first kappa shape index (κ1) is 21.5. The van der Waals surface area contributed by atoms with Crippen molar-refractivity contribution < 1.29 is 4.74 Å². The lowest BCUT2D eigenvalue weighted by atomic mass is 9.77. The molecule has 0 bridgehead atoms. The Balaban J connectivity index is 1.54. The lowest BCUT2D eigenvalue weighted by Gasteiger charge is -2.47. The first-order valence-electron chi connectivity index (χ1n) is 12.8. The van der Waals surface area contributed by atoms with Crippen molar-refractivity contribution in [2.24, 2.45) is 10.9 Å². The predicted molar refractivity (Wildman–Crippen MR) is 143 cm³/mol. The minimum absolute atomic E-state index is 0.253. The summed E-state index contributed by atoms with van der Waals surface area (Å²) in [7, 11) is 0. The van der Waals surface area contributed by atoms with Gasteiger partial charge in [0.15, 0.2) is 5.75 Å². The van der Waals surface area contributed by atoms with Gasteiger partial charge in [-0.3, -0.25) is 4.99 Å². The Hall–Kier alpha value is -3.01. The van der Waals surface area contributed by atoms with Crippen LogP contribution in [0.2, 0.25) is 0 Å². The predicted octanol–water partition coefficient (Wildman–Crippen LogP) is 7.07. The van der Waals surface area contributed by atoms with Gasteiger partial charge in [-0.1, -0.05) is 56.3 Å². The van der Waals surface area contributed by atoms with Gasteiger partial charge in [-0.25, -0.2) is 0 Å². The maximum absolute atomic E-state index is 7.18. The van der Waals surface area contributed by atoms with Crippen molar-refractivity contribution in [1.82, 2.24) is 0 Å². The molecule has 0 radical (unpaired) electrons. The Bertz CT molecular complexity index is 1270. The molecule has 4 nitrogen and oxygen atoms in total. The van der Waals surface area contributed by atoms with Gasteiger partial charge in [0.25, 0.3) is 0 Å². The van der Waals surface area contributed by atoms with Crippen LogP contribution in [0.15, 0.2) is 59.6 Å². The lowest BCUT2D eigenvalue weighted by Crippen LogP contribution is -2.62. The maximum atomic E-state index is 7.18. The smallest absolute Gasteiger partial charge is 0.228 e. The molecule has 1 fully saturated rings. The number of piperidine rings is 1. The molecule has 4 heteroatoms. The molecule has 3 aromatic rings. The maximum Gasteiger partial charge on any atom is 0.228 e. The second kappa shape index (κ2) is 7.76. The number of rotatable bonds is 3. The third kappa shape index (κ3) is 3.00. The molecule has 0 saturated carbocycles. The van der Waals surface area contributed by atoms with Crippen LogP contribution in [0.25, 0.3) is 10.8 Å². The van der Waals surface area contributed by atoms with Gasteiger partial charge in [-0.2, -0.15) is 0 Å². The van der Waals surface area contributed by atoms with E-state index in [1.807, 2.05) is 0 Å². The van der Waals surface area contributed by atoms with Crippen molar-refractivity contribution in [3.8, 4) is 5.75 Å². The Morgan fingerprint density at radius 2 is 1.62 bits per heavy atom. The van der Waals surface area contributed by atoms with E-state index in [1.165, 1.54) is 47.0 Å². The number of fused-ring (bicyclic) bond motifs is 4. The van der Waals surface area contributed by atoms with E-state index in [9.17, 15) is 0 Å². The molecule has 1 spiro atoms. The van der Waals surface area contributed by atoms with E-state index in [2.05, 4.69) is 98.3 Å². The number of hydrogen-bond acceptors (Lipinski definition) is 4. The van der Waals surface area contributed by atoms with Crippen molar-refractivity contribution in [2.75, 3.05) is 29.4 Å². The quantitative estimate of drug-likeness (QED) is 0.424. The minimum atomic E-state index is -0.657. The highest BCUT2D eigenvalue weighted by Crippen LogP contribution is 2.55. The van der Waals surface area contributed by atoms with Gasteiger partial charge in [0.1, 0.15) is 5.69 Å². The summed E-state index contributed by atoms with van der Waals surface area (Å²) in [4.78, 5) is 10.2. The summed E-state index contributed by atoms with van der Waals surface area (Å²) in [6.45, 7) is 12.3. The number of nitrogens with zero attached hydrogens (tertiary/aromatic N) is 3. The van der Waals surface area contributed by atoms with Crippen molar-refractivity contribution in [2.45, 2.75) is 58.1 Å². The number of aliphatic imine (C=N–C) groups is 1. The van der Waals surface area contributed by atoms with Crippen LogP contribution in [0.3, 0.4) is 0 Å². The number of anilines is 2. The van der Waals surface area contributed by atoms with Gasteiger partial charge < -0.3 is 14.5 Å². The molecule has 1 saturated heterocycles. The molecule has 0 N–H and O–H groups in total. The zero-order valence-electron chi connectivity index (χ0n) is 20.8. The highest BCUT2D eigenvalue weighted by atomic mass is 16.5. The van der Waals surface area contributed by atoms with E-state index in [4.69, 9.17) is 9.73 Å². The number of ether oxygens (including phenoxy) is 1. The molecule has 3 aromatic carbocycles. The topological polar surface area (TPSA) is 28.1 Å². The summed E-state index contributed by atoms with van der Waals surface area (Å²) in [6, 6.07) is 19.7. The van der Waals surface area contributed by atoms with E-state index in [0.29, 0.717) is 5.92 Å². The van der Waals surface area contributed by atoms with E-state index in [-0.39, 0.29) is 5.41 Å². The molecule has 3 aliphatic rings. The van der Waals surface area contributed by atoms with Gasteiger partial charge in [-0.15, -0.1) is 0 Å². The van der Waals surface area contributed by atoms with E-state index in [0.717, 1.165) is 31.1 Å². The van der Waals surface area contributed by atoms with Crippen LogP contribution < -0.4 is 14.5 Å². The van der Waals surface area contributed by atoms with Crippen LogP contribution in [0.4, 0.5) is 17.1 Å². The van der Waals surface area contributed by atoms with Crippen LogP contribution in [0.5, 0.6) is 5.75 Å². The van der Waals surface area contributed by atoms with Crippen molar-refractivity contribution in [3.05, 3.63) is 60.2 Å². The molecule has 0 aliphatic carbocycles. The van der Waals surface area contributed by atoms with Gasteiger partial charge in [0, 0.05) is 47.8 Å². The second-order valence-corrected chi connectivity index (χ2v) is 11.0. The molecule has 0 amide bonds. The molecule has 3 heterocycles. The highest BCUT2D eigenvalue weighted by Gasteiger charge is 2.59. The monoisotopic (exact) mass is 453 g/mol. The van der Waals surface area contributed by atoms with Crippen LogP contribution in [-0.2, 0) is 5.41 Å². The second-order valence-electron chi connectivity index (χ2n) is 11.0. The summed E-state index contributed by atoms with van der Waals surface area (Å²) in [5, 5.41) is 2.45. The summed E-state index contributed by atoms with van der Waals surface area (Å²) in [6.07, 6.45) is 5.91. The summed E-state index contributed by atoms with van der Waals surface area (Å²) < 4.78 is 7.18. The van der Waals surface area contributed by atoms with Crippen molar-refractivity contribution in [1.29, 1.82) is 0 Å². The summed E-state index contributed by atoms with van der Waals surface area (Å²) in [5.74, 6) is 1.40. The number of hydrogen-bond donors (Lipinski definition) is 0. The van der Waals surface area contributed by atoms with Gasteiger partial charge in [0.2, 0.25) is 5.72 Å². The Morgan fingerprint density at radius 3 is 2.38 bits per heavy atom. The van der Waals surface area contributed by atoms with Crippen LogP contribution >= 0.6 is 0 Å². The Kier molecular flexibility index (Phi) is 4.91. The van der Waals surface area contributed by atoms with E-state index < -0.39 is 5.72 Å². The van der Waals surface area contributed by atoms with Crippen molar-refractivity contribution >= 4 is 34.0 Å².